The fourth-order valence-corrected chi connectivity index (χ4v) is 0.963. The Labute approximate surface area is 62.2 Å². The molecule has 0 aromatic rings. The predicted molar refractivity (Wildman–Crippen MR) is 40.8 cm³/mol. The fraction of sp³-hybridized carbons (Fsp3) is 0.875. The van der Waals surface area contributed by atoms with Crippen LogP contribution in [0.4, 0.5) is 0 Å². The van der Waals surface area contributed by atoms with Crippen LogP contribution in [0.15, 0.2) is 0 Å². The minimum absolute atomic E-state index is 0.0613. The summed E-state index contributed by atoms with van der Waals surface area (Å²) in [6, 6.07) is 0. The normalized spacial score (nSPS) is 11.6. The van der Waals surface area contributed by atoms with E-state index in [9.17, 15) is 9.90 Å². The Morgan fingerprint density at radius 2 is 1.80 bits per heavy atom. The lowest BCUT2D eigenvalue weighted by molar-refractivity contribution is -0.122. The Balaban J connectivity index is 3.92. The van der Waals surface area contributed by atoms with Crippen LogP contribution in [0.3, 0.4) is 0 Å². The first-order valence-corrected chi connectivity index (χ1v) is 3.76. The molecular formula is C8H16O2. The number of rotatable bonds is 4. The summed E-state index contributed by atoms with van der Waals surface area (Å²) in [5.41, 5.74) is -0.744. The fourth-order valence-electron chi connectivity index (χ4n) is 0.963. The lowest BCUT2D eigenvalue weighted by Gasteiger charge is -2.23. The van der Waals surface area contributed by atoms with E-state index in [1.165, 1.54) is 6.92 Å². The molecule has 0 saturated heterocycles. The van der Waals surface area contributed by atoms with Crippen molar-refractivity contribution >= 4 is 5.78 Å². The molecule has 0 fully saturated rings. The highest BCUT2D eigenvalue weighted by molar-refractivity contribution is 5.76. The lowest BCUT2D eigenvalue weighted by atomic mass is 9.92. The molecule has 2 heteroatoms. The van der Waals surface area contributed by atoms with E-state index in [1.807, 2.05) is 13.8 Å². The molecule has 0 unspecified atom stereocenters. The first-order valence-electron chi connectivity index (χ1n) is 3.76. The van der Waals surface area contributed by atoms with E-state index in [2.05, 4.69) is 0 Å². The van der Waals surface area contributed by atoms with Crippen LogP contribution in [0.25, 0.3) is 0 Å². The molecule has 0 amide bonds. The number of hydrogen-bond donors (Lipinski definition) is 1. The van der Waals surface area contributed by atoms with Crippen molar-refractivity contribution in [3.63, 3.8) is 0 Å². The quantitative estimate of drug-likeness (QED) is 0.649. The number of Topliss-reactive ketones (excluding diaryl/α,β-unsaturated/α-hetero) is 1. The number of carbonyl (C=O) groups excluding carboxylic acids is 1. The third-order valence-electron chi connectivity index (χ3n) is 1.89. The van der Waals surface area contributed by atoms with E-state index in [0.717, 1.165) is 0 Å². The van der Waals surface area contributed by atoms with E-state index >= 15 is 0 Å². The van der Waals surface area contributed by atoms with Crippen LogP contribution >= 0.6 is 0 Å². The number of ketones is 1. The Morgan fingerprint density at radius 1 is 1.40 bits per heavy atom. The SMILES string of the molecule is CCC(O)(CC)CC(C)=O. The van der Waals surface area contributed by atoms with Gasteiger partial charge in [0.05, 0.1) is 5.60 Å². The van der Waals surface area contributed by atoms with E-state index in [4.69, 9.17) is 0 Å². The van der Waals surface area contributed by atoms with Gasteiger partial charge in [0.1, 0.15) is 5.78 Å². The van der Waals surface area contributed by atoms with Crippen molar-refractivity contribution in [1.82, 2.24) is 0 Å². The molecule has 2 nitrogen and oxygen atoms in total. The van der Waals surface area contributed by atoms with Crippen LogP contribution in [0.2, 0.25) is 0 Å². The minimum Gasteiger partial charge on any atom is -0.389 e. The van der Waals surface area contributed by atoms with Crippen molar-refractivity contribution in [2.24, 2.45) is 0 Å². The van der Waals surface area contributed by atoms with Crippen molar-refractivity contribution < 1.29 is 9.90 Å². The zero-order valence-corrected chi connectivity index (χ0v) is 6.98. The maximum absolute atomic E-state index is 10.6. The zero-order valence-electron chi connectivity index (χ0n) is 6.98. The van der Waals surface area contributed by atoms with Crippen molar-refractivity contribution in [3.05, 3.63) is 0 Å². The van der Waals surface area contributed by atoms with Crippen molar-refractivity contribution in [1.29, 1.82) is 0 Å². The average Bonchev–Trinajstić information content (AvgIpc) is 1.87. The second-order valence-electron chi connectivity index (χ2n) is 2.81. The summed E-state index contributed by atoms with van der Waals surface area (Å²) in [6.45, 7) is 5.30. The van der Waals surface area contributed by atoms with Gasteiger partial charge in [-0.1, -0.05) is 13.8 Å². The van der Waals surface area contributed by atoms with Gasteiger partial charge < -0.3 is 5.11 Å². The molecule has 10 heavy (non-hydrogen) atoms. The molecule has 0 bridgehead atoms. The van der Waals surface area contributed by atoms with Gasteiger partial charge in [0.25, 0.3) is 0 Å². The maximum atomic E-state index is 10.6. The molecule has 0 aliphatic carbocycles. The van der Waals surface area contributed by atoms with Gasteiger partial charge in [0, 0.05) is 6.42 Å². The van der Waals surface area contributed by atoms with Gasteiger partial charge in [0.15, 0.2) is 0 Å². The molecule has 0 aliphatic heterocycles. The maximum Gasteiger partial charge on any atom is 0.132 e. The van der Waals surface area contributed by atoms with E-state index in [-0.39, 0.29) is 5.78 Å². The number of aliphatic hydroxyl groups is 1. The Hall–Kier alpha value is -0.370. The van der Waals surface area contributed by atoms with Gasteiger partial charge in [-0.25, -0.2) is 0 Å². The molecule has 60 valence electrons. The third-order valence-corrected chi connectivity index (χ3v) is 1.89. The van der Waals surface area contributed by atoms with E-state index < -0.39 is 5.60 Å². The number of hydrogen-bond acceptors (Lipinski definition) is 2. The van der Waals surface area contributed by atoms with Crippen molar-refractivity contribution in [2.75, 3.05) is 0 Å². The lowest BCUT2D eigenvalue weighted by Crippen LogP contribution is -2.28. The van der Waals surface area contributed by atoms with Gasteiger partial charge in [-0.2, -0.15) is 0 Å². The Bertz CT molecular complexity index is 114. The molecule has 0 aliphatic rings. The summed E-state index contributed by atoms with van der Waals surface area (Å²) < 4.78 is 0. The smallest absolute Gasteiger partial charge is 0.132 e. The standard InChI is InChI=1S/C8H16O2/c1-4-8(10,5-2)6-7(3)9/h10H,4-6H2,1-3H3. The van der Waals surface area contributed by atoms with E-state index in [1.54, 1.807) is 0 Å². The van der Waals surface area contributed by atoms with Gasteiger partial charge in [-0.05, 0) is 19.8 Å². The summed E-state index contributed by atoms with van der Waals surface area (Å²) in [5, 5.41) is 9.58. The molecule has 1 N–H and O–H groups in total. The summed E-state index contributed by atoms with van der Waals surface area (Å²) >= 11 is 0. The predicted octanol–water partition coefficient (Wildman–Crippen LogP) is 1.52. The van der Waals surface area contributed by atoms with Crippen LogP contribution in [0.5, 0.6) is 0 Å². The summed E-state index contributed by atoms with van der Waals surface area (Å²) in [7, 11) is 0. The number of carbonyl (C=O) groups is 1. The third kappa shape index (κ3) is 2.97. The second-order valence-corrected chi connectivity index (χ2v) is 2.81. The van der Waals surface area contributed by atoms with Gasteiger partial charge in [-0.15, -0.1) is 0 Å². The molecule has 0 rings (SSSR count). The Morgan fingerprint density at radius 3 is 1.90 bits per heavy atom. The summed E-state index contributed by atoms with van der Waals surface area (Å²) in [5.74, 6) is 0.0613. The molecule has 0 aromatic heterocycles. The zero-order chi connectivity index (χ0) is 8.20. The average molecular weight is 144 g/mol. The second kappa shape index (κ2) is 3.71. The molecule has 0 spiro atoms. The molecule has 0 atom stereocenters. The Kier molecular flexibility index (Phi) is 3.58. The highest BCUT2D eigenvalue weighted by Crippen LogP contribution is 2.18. The molecular weight excluding hydrogens is 128 g/mol. The first kappa shape index (κ1) is 9.63. The molecule has 0 radical (unpaired) electrons. The van der Waals surface area contributed by atoms with Crippen LogP contribution < -0.4 is 0 Å². The van der Waals surface area contributed by atoms with Gasteiger partial charge >= 0.3 is 0 Å². The van der Waals surface area contributed by atoms with Crippen molar-refractivity contribution in [2.45, 2.75) is 45.6 Å². The van der Waals surface area contributed by atoms with Crippen LogP contribution in [-0.4, -0.2) is 16.5 Å². The van der Waals surface area contributed by atoms with Crippen LogP contribution in [0, 0.1) is 0 Å². The summed E-state index contributed by atoms with van der Waals surface area (Å²) in [4.78, 5) is 10.6. The van der Waals surface area contributed by atoms with Gasteiger partial charge in [0.2, 0.25) is 0 Å². The molecule has 0 saturated carbocycles. The minimum atomic E-state index is -0.744. The topological polar surface area (TPSA) is 37.3 Å². The van der Waals surface area contributed by atoms with E-state index in [0.29, 0.717) is 19.3 Å². The summed E-state index contributed by atoms with van der Waals surface area (Å²) in [6.07, 6.45) is 1.60. The highest BCUT2D eigenvalue weighted by atomic mass is 16.3. The molecule has 0 aromatic carbocycles. The first-order chi connectivity index (χ1) is 4.54. The van der Waals surface area contributed by atoms with Crippen LogP contribution in [0.1, 0.15) is 40.0 Å². The van der Waals surface area contributed by atoms with Crippen LogP contribution in [-0.2, 0) is 4.79 Å². The molecule has 0 heterocycles. The monoisotopic (exact) mass is 144 g/mol. The van der Waals surface area contributed by atoms with Gasteiger partial charge in [-0.3, -0.25) is 4.79 Å². The largest absolute Gasteiger partial charge is 0.389 e. The highest BCUT2D eigenvalue weighted by Gasteiger charge is 2.23. The van der Waals surface area contributed by atoms with Crippen molar-refractivity contribution in [3.8, 4) is 0 Å².